The monoisotopic (exact) mass is 257 g/mol. The highest BCUT2D eigenvalue weighted by molar-refractivity contribution is 5.93. The zero-order valence-electron chi connectivity index (χ0n) is 11.4. The second-order valence-corrected chi connectivity index (χ2v) is 5.33. The first-order chi connectivity index (χ1) is 9.13. The number of nitrogens with zero attached hydrogens (tertiary/aromatic N) is 1. The van der Waals surface area contributed by atoms with Crippen LogP contribution in [0.5, 0.6) is 0 Å². The van der Waals surface area contributed by atoms with Crippen molar-refractivity contribution >= 4 is 22.5 Å². The number of fused-ring (bicyclic) bond motifs is 3. The molecule has 0 bridgehead atoms. The number of benzene rings is 1. The minimum Gasteiger partial charge on any atom is -0.358 e. The average molecular weight is 257 g/mol. The maximum absolute atomic E-state index is 11.1. The Morgan fingerprint density at radius 2 is 2.11 bits per heavy atom. The van der Waals surface area contributed by atoms with Gasteiger partial charge in [-0.1, -0.05) is 6.07 Å². The van der Waals surface area contributed by atoms with E-state index in [-0.39, 0.29) is 5.91 Å². The van der Waals surface area contributed by atoms with Crippen LogP contribution in [-0.4, -0.2) is 35.9 Å². The van der Waals surface area contributed by atoms with Crippen LogP contribution in [-0.2, 0) is 17.6 Å². The Hall–Kier alpha value is -1.81. The van der Waals surface area contributed by atoms with E-state index < -0.39 is 0 Å². The third-order valence-electron chi connectivity index (χ3n) is 3.80. The Balaban J connectivity index is 2.01. The molecule has 0 unspecified atom stereocenters. The van der Waals surface area contributed by atoms with Crippen LogP contribution >= 0.6 is 0 Å². The molecule has 0 saturated carbocycles. The highest BCUT2D eigenvalue weighted by Gasteiger charge is 2.16. The van der Waals surface area contributed by atoms with Crippen LogP contribution < -0.4 is 5.32 Å². The number of carbonyl (C=O) groups excluding carboxylic acids is 1. The van der Waals surface area contributed by atoms with E-state index >= 15 is 0 Å². The molecule has 2 heterocycles. The van der Waals surface area contributed by atoms with Crippen molar-refractivity contribution in [2.24, 2.45) is 0 Å². The summed E-state index contributed by atoms with van der Waals surface area (Å²) in [6, 6.07) is 6.11. The summed E-state index contributed by atoms with van der Waals surface area (Å²) >= 11 is 0. The van der Waals surface area contributed by atoms with Crippen molar-refractivity contribution in [3.05, 3.63) is 29.5 Å². The highest BCUT2D eigenvalue weighted by Crippen LogP contribution is 2.27. The molecule has 2 aromatic rings. The van der Waals surface area contributed by atoms with E-state index in [1.54, 1.807) is 0 Å². The number of hydrogen-bond acceptors (Lipinski definition) is 2. The number of anilines is 1. The molecule has 3 rings (SSSR count). The minimum atomic E-state index is -0.0332. The molecule has 2 N–H and O–H groups in total. The number of likely N-dealkylation sites (N-methyl/N-ethyl adjacent to an activating group) is 1. The summed E-state index contributed by atoms with van der Waals surface area (Å²) in [6.07, 6.45) is 2.15. The van der Waals surface area contributed by atoms with Gasteiger partial charge in [0.05, 0.1) is 0 Å². The molecule has 19 heavy (non-hydrogen) atoms. The van der Waals surface area contributed by atoms with Gasteiger partial charge in [-0.05, 0) is 31.2 Å². The second-order valence-electron chi connectivity index (χ2n) is 5.33. The van der Waals surface area contributed by atoms with Crippen molar-refractivity contribution in [1.29, 1.82) is 0 Å². The van der Waals surface area contributed by atoms with Gasteiger partial charge in [0.2, 0.25) is 5.91 Å². The van der Waals surface area contributed by atoms with Crippen LogP contribution in [0.15, 0.2) is 18.2 Å². The van der Waals surface area contributed by atoms with Gasteiger partial charge in [0.15, 0.2) is 0 Å². The fourth-order valence-corrected chi connectivity index (χ4v) is 2.81. The number of hydrogen-bond donors (Lipinski definition) is 2. The zero-order chi connectivity index (χ0) is 13.4. The van der Waals surface area contributed by atoms with Gasteiger partial charge in [0.1, 0.15) is 0 Å². The molecular formula is C15H19N3O. The van der Waals surface area contributed by atoms with Crippen LogP contribution in [0.3, 0.4) is 0 Å². The van der Waals surface area contributed by atoms with Crippen molar-refractivity contribution in [3.63, 3.8) is 0 Å². The number of nitrogens with one attached hydrogen (secondary N) is 2. The van der Waals surface area contributed by atoms with E-state index in [2.05, 4.69) is 28.3 Å². The molecule has 1 aliphatic rings. The maximum atomic E-state index is 11.1. The van der Waals surface area contributed by atoms with Crippen molar-refractivity contribution in [2.45, 2.75) is 19.8 Å². The Bertz CT molecular complexity index is 630. The molecule has 0 spiro atoms. The fourth-order valence-electron chi connectivity index (χ4n) is 2.81. The predicted molar refractivity (Wildman–Crippen MR) is 77.5 cm³/mol. The number of aromatic nitrogens is 1. The Labute approximate surface area is 112 Å². The zero-order valence-corrected chi connectivity index (χ0v) is 11.4. The molecule has 0 fully saturated rings. The lowest BCUT2D eigenvalue weighted by Gasteiger charge is -2.11. The molecule has 4 nitrogen and oxygen atoms in total. The van der Waals surface area contributed by atoms with Gasteiger partial charge in [-0.15, -0.1) is 0 Å². The molecule has 1 amide bonds. The number of rotatable bonds is 1. The Kier molecular flexibility index (Phi) is 3.03. The van der Waals surface area contributed by atoms with E-state index in [1.807, 2.05) is 12.1 Å². The van der Waals surface area contributed by atoms with E-state index in [0.29, 0.717) is 0 Å². The summed E-state index contributed by atoms with van der Waals surface area (Å²) in [5, 5.41) is 4.12. The molecule has 0 aliphatic carbocycles. The van der Waals surface area contributed by atoms with Gasteiger partial charge >= 0.3 is 0 Å². The smallest absolute Gasteiger partial charge is 0.221 e. The molecule has 1 aliphatic heterocycles. The number of aromatic amines is 1. The van der Waals surface area contributed by atoms with Gasteiger partial charge in [-0.25, -0.2) is 0 Å². The normalized spacial score (nSPS) is 16.1. The third-order valence-corrected chi connectivity index (χ3v) is 3.80. The van der Waals surface area contributed by atoms with E-state index in [9.17, 15) is 4.79 Å². The second kappa shape index (κ2) is 4.70. The number of H-pyrrole nitrogens is 1. The summed E-state index contributed by atoms with van der Waals surface area (Å²) in [5.41, 5.74) is 4.77. The molecular weight excluding hydrogens is 238 g/mol. The van der Waals surface area contributed by atoms with Crippen LogP contribution in [0, 0.1) is 0 Å². The SMILES string of the molecule is CC(=O)Nc1ccc2c3c([nH]c2c1)CCN(C)CC3. The molecule has 0 atom stereocenters. The lowest BCUT2D eigenvalue weighted by molar-refractivity contribution is -0.114. The van der Waals surface area contributed by atoms with Crippen LogP contribution in [0.2, 0.25) is 0 Å². The highest BCUT2D eigenvalue weighted by atomic mass is 16.1. The predicted octanol–water partition coefficient (Wildman–Crippen LogP) is 2.16. The van der Waals surface area contributed by atoms with Crippen LogP contribution in [0.1, 0.15) is 18.2 Å². The van der Waals surface area contributed by atoms with Gasteiger partial charge in [-0.2, -0.15) is 0 Å². The Morgan fingerprint density at radius 1 is 1.32 bits per heavy atom. The number of amides is 1. The first-order valence-corrected chi connectivity index (χ1v) is 6.73. The lowest BCUT2D eigenvalue weighted by atomic mass is 10.1. The summed E-state index contributed by atoms with van der Waals surface area (Å²) in [4.78, 5) is 17.0. The van der Waals surface area contributed by atoms with E-state index in [0.717, 1.165) is 37.1 Å². The largest absolute Gasteiger partial charge is 0.358 e. The summed E-state index contributed by atoms with van der Waals surface area (Å²) in [6.45, 7) is 3.73. The third kappa shape index (κ3) is 2.36. The van der Waals surface area contributed by atoms with Crippen LogP contribution in [0.25, 0.3) is 10.9 Å². The molecule has 100 valence electrons. The van der Waals surface area contributed by atoms with Gasteiger partial charge in [-0.3, -0.25) is 4.79 Å². The van der Waals surface area contributed by atoms with Crippen LogP contribution in [0.4, 0.5) is 5.69 Å². The molecule has 4 heteroatoms. The van der Waals surface area contributed by atoms with Crippen molar-refractivity contribution in [3.8, 4) is 0 Å². The molecule has 1 aromatic heterocycles. The van der Waals surface area contributed by atoms with Gasteiger partial charge < -0.3 is 15.2 Å². The topological polar surface area (TPSA) is 48.1 Å². The molecule has 0 saturated heterocycles. The van der Waals surface area contributed by atoms with Crippen molar-refractivity contribution < 1.29 is 4.79 Å². The quantitative estimate of drug-likeness (QED) is 0.822. The maximum Gasteiger partial charge on any atom is 0.221 e. The van der Waals surface area contributed by atoms with Crippen molar-refractivity contribution in [1.82, 2.24) is 9.88 Å². The first-order valence-electron chi connectivity index (χ1n) is 6.73. The molecule has 0 radical (unpaired) electrons. The summed E-state index contributed by atoms with van der Waals surface area (Å²) in [5.74, 6) is -0.0332. The van der Waals surface area contributed by atoms with Crippen molar-refractivity contribution in [2.75, 3.05) is 25.5 Å². The molecule has 1 aromatic carbocycles. The van der Waals surface area contributed by atoms with E-state index in [4.69, 9.17) is 0 Å². The minimum absolute atomic E-state index is 0.0332. The number of carbonyl (C=O) groups is 1. The summed E-state index contributed by atoms with van der Waals surface area (Å²) < 4.78 is 0. The van der Waals surface area contributed by atoms with E-state index in [1.165, 1.54) is 23.6 Å². The standard InChI is InChI=1S/C15H19N3O/c1-10(19)16-11-3-4-12-13-5-7-18(2)8-6-14(13)17-15(12)9-11/h3-4,9,17H,5-8H2,1-2H3,(H,16,19). The fraction of sp³-hybridized carbons (Fsp3) is 0.400. The van der Waals surface area contributed by atoms with Gasteiger partial charge in [0.25, 0.3) is 0 Å². The Morgan fingerprint density at radius 3 is 2.89 bits per heavy atom. The lowest BCUT2D eigenvalue weighted by Crippen LogP contribution is -2.21. The summed E-state index contributed by atoms with van der Waals surface area (Å²) in [7, 11) is 2.17. The first kappa shape index (κ1) is 12.2. The average Bonchev–Trinajstić information content (AvgIpc) is 2.59. The van der Waals surface area contributed by atoms with Gasteiger partial charge in [0, 0.05) is 48.7 Å².